The predicted molar refractivity (Wildman–Crippen MR) is 65.7 cm³/mol. The fourth-order valence-electron chi connectivity index (χ4n) is 1.08. The summed E-state index contributed by atoms with van der Waals surface area (Å²) in [5.41, 5.74) is 0. The first-order valence-corrected chi connectivity index (χ1v) is 6.53. The smallest absolute Gasteiger partial charge is 0.346 e. The molecule has 0 fully saturated rings. The summed E-state index contributed by atoms with van der Waals surface area (Å²) < 4.78 is 26.3. The van der Waals surface area contributed by atoms with Crippen molar-refractivity contribution in [2.75, 3.05) is 19.7 Å². The molecule has 0 spiro atoms. The van der Waals surface area contributed by atoms with Crippen LogP contribution < -0.4 is 0 Å². The fourth-order valence-corrected chi connectivity index (χ4v) is 1.47. The summed E-state index contributed by atoms with van der Waals surface area (Å²) in [6.07, 6.45) is 4.49. The summed E-state index contributed by atoms with van der Waals surface area (Å²) in [4.78, 5) is 12.9. The third-order valence-electron chi connectivity index (χ3n) is 2.01. The second kappa shape index (κ2) is 8.95. The molecule has 0 aliphatic heterocycles. The number of ether oxygens (including phenoxy) is 1. The highest BCUT2D eigenvalue weighted by Gasteiger charge is 2.09. The van der Waals surface area contributed by atoms with E-state index in [1.807, 2.05) is 18.7 Å². The van der Waals surface area contributed by atoms with Gasteiger partial charge in [0.15, 0.2) is 0 Å². The quantitative estimate of drug-likeness (QED) is 0.297. The molecule has 98 valence electrons. The Hall–Kier alpha value is -1.14. The average Bonchev–Trinajstić information content (AvgIpc) is 2.29. The lowest BCUT2D eigenvalue weighted by atomic mass is 10.4. The molecular formula is C11H18NO4S-. The molecule has 6 heteroatoms. The van der Waals surface area contributed by atoms with Gasteiger partial charge in [0.2, 0.25) is 0 Å². The molecule has 0 amide bonds. The van der Waals surface area contributed by atoms with E-state index in [-0.39, 0.29) is 11.5 Å². The molecule has 0 aromatic rings. The van der Waals surface area contributed by atoms with E-state index in [4.69, 9.17) is 0 Å². The van der Waals surface area contributed by atoms with Crippen LogP contribution in [0.4, 0.5) is 0 Å². The van der Waals surface area contributed by atoms with Gasteiger partial charge in [0.1, 0.15) is 4.91 Å². The molecule has 0 aromatic heterocycles. The maximum absolute atomic E-state index is 11.3. The predicted octanol–water partition coefficient (Wildman–Crippen LogP) is 1.17. The Morgan fingerprint density at radius 2 is 1.94 bits per heavy atom. The first-order valence-electron chi connectivity index (χ1n) is 5.45. The summed E-state index contributed by atoms with van der Waals surface area (Å²) in [7, 11) is 0. The third kappa shape index (κ3) is 6.23. The van der Waals surface area contributed by atoms with Gasteiger partial charge in [-0.05, 0) is 50.2 Å². The molecule has 0 aliphatic carbocycles. The molecule has 0 saturated carbocycles. The number of carbonyl (C=O) groups is 1. The van der Waals surface area contributed by atoms with Gasteiger partial charge in [0, 0.05) is 13.1 Å². The van der Waals surface area contributed by atoms with E-state index in [0.29, 0.717) is 0 Å². The first kappa shape index (κ1) is 15.9. The van der Waals surface area contributed by atoms with Crippen LogP contribution in [0.3, 0.4) is 0 Å². The number of hydrogen-bond donors (Lipinski definition) is 0. The van der Waals surface area contributed by atoms with Crippen molar-refractivity contribution in [2.45, 2.75) is 20.8 Å². The molecule has 0 rings (SSSR count). The van der Waals surface area contributed by atoms with Crippen LogP contribution in [0.2, 0.25) is 0 Å². The van der Waals surface area contributed by atoms with Crippen LogP contribution in [-0.2, 0) is 20.6 Å². The summed E-state index contributed by atoms with van der Waals surface area (Å²) >= 11 is -2.59. The van der Waals surface area contributed by atoms with Crippen LogP contribution in [0.5, 0.6) is 0 Å². The zero-order valence-electron chi connectivity index (χ0n) is 10.3. The molecule has 0 bridgehead atoms. The van der Waals surface area contributed by atoms with E-state index >= 15 is 0 Å². The zero-order chi connectivity index (χ0) is 13.3. The van der Waals surface area contributed by atoms with Crippen molar-refractivity contribution in [3.63, 3.8) is 0 Å². The van der Waals surface area contributed by atoms with Crippen LogP contribution in [-0.4, -0.2) is 39.3 Å². The van der Waals surface area contributed by atoms with Gasteiger partial charge in [-0.2, -0.15) is 0 Å². The highest BCUT2D eigenvalue weighted by Crippen LogP contribution is 2.03. The molecule has 5 nitrogen and oxygen atoms in total. The Morgan fingerprint density at radius 3 is 2.35 bits per heavy atom. The summed E-state index contributed by atoms with van der Waals surface area (Å²) in [6.45, 7) is 7.36. The lowest BCUT2D eigenvalue weighted by Gasteiger charge is -2.14. The van der Waals surface area contributed by atoms with Gasteiger partial charge in [-0.25, -0.2) is 4.79 Å². The number of carbonyl (C=O) groups excluding carboxylic acids is 1. The van der Waals surface area contributed by atoms with Gasteiger partial charge < -0.3 is 14.2 Å². The molecule has 0 saturated heterocycles. The maximum Gasteiger partial charge on any atom is 0.346 e. The van der Waals surface area contributed by atoms with Crippen molar-refractivity contribution in [1.29, 1.82) is 0 Å². The summed E-state index contributed by atoms with van der Waals surface area (Å²) in [6, 6.07) is 0. The Morgan fingerprint density at radius 1 is 1.35 bits per heavy atom. The molecule has 1 atom stereocenters. The molecule has 0 aromatic carbocycles. The minimum absolute atomic E-state index is 0.146. The third-order valence-corrected chi connectivity index (χ3v) is 2.67. The van der Waals surface area contributed by atoms with Crippen molar-refractivity contribution in [1.82, 2.24) is 4.90 Å². The molecule has 0 heterocycles. The topological polar surface area (TPSA) is 69.7 Å². The highest BCUT2D eigenvalue weighted by atomic mass is 32.2. The molecule has 0 N–H and O–H groups in total. The fraction of sp³-hybridized carbons (Fsp3) is 0.545. The van der Waals surface area contributed by atoms with Gasteiger partial charge in [-0.15, -0.1) is 0 Å². The number of nitrogens with zero attached hydrogens (tertiary/aromatic N) is 1. The SMILES string of the molecule is CCOC(=O)C(=CC=CN(CC)CC)S(=O)[O-]. The Bertz CT molecular complexity index is 321. The van der Waals surface area contributed by atoms with Gasteiger partial charge in [-0.1, -0.05) is 0 Å². The van der Waals surface area contributed by atoms with E-state index in [0.717, 1.165) is 13.1 Å². The van der Waals surface area contributed by atoms with Crippen LogP contribution >= 0.6 is 0 Å². The van der Waals surface area contributed by atoms with E-state index in [2.05, 4.69) is 4.74 Å². The monoisotopic (exact) mass is 260 g/mol. The number of allylic oxidation sites excluding steroid dienone is 2. The maximum atomic E-state index is 11.3. The highest BCUT2D eigenvalue weighted by molar-refractivity contribution is 7.84. The van der Waals surface area contributed by atoms with Gasteiger partial charge in [0.05, 0.1) is 6.61 Å². The minimum Gasteiger partial charge on any atom is -0.768 e. The lowest BCUT2D eigenvalue weighted by Crippen LogP contribution is -2.15. The van der Waals surface area contributed by atoms with Gasteiger partial charge in [-0.3, -0.25) is 4.21 Å². The second-order valence-corrected chi connectivity index (χ2v) is 3.96. The molecule has 1 unspecified atom stereocenters. The van der Waals surface area contributed by atoms with Crippen LogP contribution in [0.1, 0.15) is 20.8 Å². The van der Waals surface area contributed by atoms with Crippen LogP contribution in [0.15, 0.2) is 23.3 Å². The lowest BCUT2D eigenvalue weighted by molar-refractivity contribution is -0.137. The molecule has 0 radical (unpaired) electrons. The normalized spacial score (nSPS) is 13.8. The van der Waals surface area contributed by atoms with Crippen LogP contribution in [0.25, 0.3) is 0 Å². The number of hydrogen-bond acceptors (Lipinski definition) is 5. The largest absolute Gasteiger partial charge is 0.768 e. The van der Waals surface area contributed by atoms with Crippen molar-refractivity contribution in [3.8, 4) is 0 Å². The minimum atomic E-state index is -2.59. The Kier molecular flexibility index (Phi) is 8.35. The van der Waals surface area contributed by atoms with Gasteiger partial charge >= 0.3 is 5.97 Å². The van der Waals surface area contributed by atoms with E-state index in [9.17, 15) is 13.6 Å². The van der Waals surface area contributed by atoms with Gasteiger partial charge in [0.25, 0.3) is 0 Å². The van der Waals surface area contributed by atoms with Crippen molar-refractivity contribution < 1.29 is 18.3 Å². The zero-order valence-corrected chi connectivity index (χ0v) is 11.2. The molecule has 0 aliphatic rings. The molecular weight excluding hydrogens is 242 g/mol. The van der Waals surface area contributed by atoms with E-state index < -0.39 is 17.0 Å². The Labute approximate surface area is 104 Å². The number of esters is 1. The first-order chi connectivity index (χ1) is 8.06. The summed E-state index contributed by atoms with van der Waals surface area (Å²) in [5.74, 6) is -0.829. The van der Waals surface area contributed by atoms with E-state index in [1.54, 1.807) is 13.1 Å². The van der Waals surface area contributed by atoms with Crippen molar-refractivity contribution in [2.24, 2.45) is 0 Å². The van der Waals surface area contributed by atoms with Crippen molar-refractivity contribution >= 4 is 17.0 Å². The second-order valence-electron chi connectivity index (χ2n) is 3.05. The van der Waals surface area contributed by atoms with Crippen LogP contribution in [0, 0.1) is 0 Å². The van der Waals surface area contributed by atoms with E-state index in [1.165, 1.54) is 12.2 Å². The molecule has 17 heavy (non-hydrogen) atoms. The Balaban J connectivity index is 4.72. The summed E-state index contributed by atoms with van der Waals surface area (Å²) in [5, 5.41) is 0. The average molecular weight is 260 g/mol. The van der Waals surface area contributed by atoms with Crippen molar-refractivity contribution in [3.05, 3.63) is 23.3 Å². The standard InChI is InChI=1S/C11H19NO4S/c1-4-12(5-2)9-7-8-10(17(14)15)11(13)16-6-3/h7-9H,4-6H2,1-3H3,(H,14,15)/p-1. The number of rotatable bonds is 7.